The Morgan fingerprint density at radius 3 is 1.87 bits per heavy atom. The van der Waals surface area contributed by atoms with E-state index in [0.717, 1.165) is 15.6 Å². The average molecular weight is 595 g/mol. The minimum Gasteiger partial charge on any atom is -0.330 e. The van der Waals surface area contributed by atoms with E-state index in [-0.39, 0.29) is 13.9 Å². The molecule has 0 saturated carbocycles. The molecule has 23 heavy (non-hydrogen) atoms. The van der Waals surface area contributed by atoms with Crippen molar-refractivity contribution in [3.05, 3.63) is 29.8 Å². The summed E-state index contributed by atoms with van der Waals surface area (Å²) >= 11 is 15.7. The van der Waals surface area contributed by atoms with Crippen molar-refractivity contribution in [2.24, 2.45) is 0 Å². The third kappa shape index (κ3) is 8.25. The Balaban J connectivity index is 2.88. The van der Waals surface area contributed by atoms with Crippen LogP contribution in [0.1, 0.15) is 19.4 Å². The van der Waals surface area contributed by atoms with Crippen molar-refractivity contribution in [3.8, 4) is 0 Å². The van der Waals surface area contributed by atoms with Crippen LogP contribution in [0.25, 0.3) is 0 Å². The molecule has 0 bridgehead atoms. The Hall–Kier alpha value is 0.960. The number of aryl methyl sites for hydroxylation is 1. The molecule has 0 aliphatic carbocycles. The Labute approximate surface area is 177 Å². The van der Waals surface area contributed by atoms with Crippen molar-refractivity contribution in [2.75, 3.05) is 23.7 Å². The highest BCUT2D eigenvalue weighted by atomic mass is 79.9. The lowest BCUT2D eigenvalue weighted by Gasteiger charge is -2.34. The minimum absolute atomic E-state index is 0.0621. The molecule has 1 rings (SSSR count). The second kappa shape index (κ2) is 9.60. The summed E-state index contributed by atoms with van der Waals surface area (Å²) in [5.74, 6) is 0. The van der Waals surface area contributed by atoms with Gasteiger partial charge in [0.1, 0.15) is 0 Å². The van der Waals surface area contributed by atoms with Crippen molar-refractivity contribution in [2.45, 2.75) is 34.3 Å². The van der Waals surface area contributed by atoms with Crippen LogP contribution in [0.3, 0.4) is 0 Å². The molecule has 0 aromatic heterocycles. The van der Waals surface area contributed by atoms with Gasteiger partial charge >= 0.3 is 0 Å². The fourth-order valence-corrected chi connectivity index (χ4v) is 3.53. The van der Waals surface area contributed by atoms with Crippen molar-refractivity contribution in [1.29, 1.82) is 0 Å². The SMILES string of the molecule is Cc1ccc(SC(=O)N(CC(C)(Br)CBr)CC(C)(Br)CBr)cc1. The van der Waals surface area contributed by atoms with Crippen molar-refractivity contribution < 1.29 is 4.79 Å². The molecule has 130 valence electrons. The molecule has 1 aromatic carbocycles. The van der Waals surface area contributed by atoms with E-state index in [0.29, 0.717) is 13.1 Å². The molecule has 0 radical (unpaired) electrons. The van der Waals surface area contributed by atoms with Gasteiger partial charge in [0.05, 0.1) is 8.65 Å². The van der Waals surface area contributed by atoms with Gasteiger partial charge in [-0.2, -0.15) is 0 Å². The summed E-state index contributed by atoms with van der Waals surface area (Å²) in [6, 6.07) is 8.04. The van der Waals surface area contributed by atoms with Crippen LogP contribution in [0.4, 0.5) is 4.79 Å². The number of carbonyl (C=O) groups excluding carboxylic acids is 1. The Kier molecular flexibility index (Phi) is 9.18. The van der Waals surface area contributed by atoms with Gasteiger partial charge < -0.3 is 4.90 Å². The number of nitrogens with zero attached hydrogens (tertiary/aromatic N) is 1. The Bertz CT molecular complexity index is 501. The van der Waals surface area contributed by atoms with Crippen LogP contribution in [-0.4, -0.2) is 42.5 Å². The van der Waals surface area contributed by atoms with Crippen LogP contribution >= 0.6 is 75.5 Å². The molecule has 0 spiro atoms. The highest BCUT2D eigenvalue weighted by Crippen LogP contribution is 2.30. The lowest BCUT2D eigenvalue weighted by atomic mass is 10.1. The van der Waals surface area contributed by atoms with Crippen LogP contribution in [0, 0.1) is 6.92 Å². The van der Waals surface area contributed by atoms with E-state index in [1.165, 1.54) is 17.3 Å². The molecule has 2 atom stereocenters. The zero-order valence-electron chi connectivity index (χ0n) is 13.4. The van der Waals surface area contributed by atoms with E-state index >= 15 is 0 Å². The van der Waals surface area contributed by atoms with Gasteiger partial charge in [-0.1, -0.05) is 81.4 Å². The number of halogens is 4. The van der Waals surface area contributed by atoms with Crippen molar-refractivity contribution in [3.63, 3.8) is 0 Å². The monoisotopic (exact) mass is 591 g/mol. The fourth-order valence-electron chi connectivity index (χ4n) is 1.84. The summed E-state index contributed by atoms with van der Waals surface area (Å²) < 4.78 is -0.322. The summed E-state index contributed by atoms with van der Waals surface area (Å²) in [5.41, 5.74) is 1.19. The van der Waals surface area contributed by atoms with Crippen molar-refractivity contribution >= 4 is 80.7 Å². The molecule has 0 N–H and O–H groups in total. The van der Waals surface area contributed by atoms with E-state index in [1.807, 2.05) is 36.1 Å². The first-order valence-electron chi connectivity index (χ1n) is 7.12. The molecule has 1 amide bonds. The molecule has 2 unspecified atom stereocenters. The highest BCUT2D eigenvalue weighted by Gasteiger charge is 2.31. The summed E-state index contributed by atoms with van der Waals surface area (Å²) in [5, 5.41) is 1.60. The summed E-state index contributed by atoms with van der Waals surface area (Å²) in [4.78, 5) is 15.7. The summed E-state index contributed by atoms with van der Waals surface area (Å²) in [7, 11) is 0. The zero-order valence-corrected chi connectivity index (χ0v) is 20.6. The first kappa shape index (κ1) is 22.0. The third-order valence-corrected chi connectivity index (χ3v) is 9.07. The van der Waals surface area contributed by atoms with Crippen LogP contribution in [0.2, 0.25) is 0 Å². The fraction of sp³-hybridized carbons (Fsp3) is 0.562. The predicted molar refractivity (Wildman–Crippen MR) is 116 cm³/mol. The van der Waals surface area contributed by atoms with E-state index in [1.54, 1.807) is 0 Å². The smallest absolute Gasteiger partial charge is 0.286 e. The highest BCUT2D eigenvalue weighted by molar-refractivity contribution is 9.12. The van der Waals surface area contributed by atoms with Gasteiger partial charge in [0.15, 0.2) is 0 Å². The Morgan fingerprint density at radius 1 is 1.04 bits per heavy atom. The first-order chi connectivity index (χ1) is 10.6. The van der Waals surface area contributed by atoms with E-state index in [9.17, 15) is 4.79 Å². The minimum atomic E-state index is -0.161. The van der Waals surface area contributed by atoms with Crippen LogP contribution in [0.15, 0.2) is 29.2 Å². The predicted octanol–water partition coefficient (Wildman–Crippen LogP) is 6.61. The molecule has 0 aliphatic heterocycles. The molecule has 0 heterocycles. The number of hydrogen-bond acceptors (Lipinski definition) is 2. The maximum Gasteiger partial charge on any atom is 0.286 e. The average Bonchev–Trinajstić information content (AvgIpc) is 2.48. The van der Waals surface area contributed by atoms with E-state index in [4.69, 9.17) is 0 Å². The summed E-state index contributed by atoms with van der Waals surface area (Å²) in [6.07, 6.45) is 0. The number of rotatable bonds is 7. The second-order valence-corrected chi connectivity index (χ2v) is 12.1. The van der Waals surface area contributed by atoms with Gasteiger partial charge in [-0.15, -0.1) is 0 Å². The van der Waals surface area contributed by atoms with Gasteiger partial charge in [0.2, 0.25) is 0 Å². The van der Waals surface area contributed by atoms with Crippen LogP contribution < -0.4 is 0 Å². The standard InChI is InChI=1S/C16H21Br4NOS/c1-12-4-6-13(7-5-12)23-14(22)21(10-15(2,19)8-17)11-16(3,20)9-18/h4-7H,8-11H2,1-3H3. The normalized spacial score (nSPS) is 16.5. The number of amides is 1. The van der Waals surface area contributed by atoms with Crippen molar-refractivity contribution in [1.82, 2.24) is 4.90 Å². The van der Waals surface area contributed by atoms with Gasteiger partial charge in [0, 0.05) is 28.6 Å². The molecule has 2 nitrogen and oxygen atoms in total. The lowest BCUT2D eigenvalue weighted by Crippen LogP contribution is -2.46. The molecular weight excluding hydrogens is 574 g/mol. The number of benzene rings is 1. The quantitative estimate of drug-likeness (QED) is 0.262. The molecular formula is C16H21Br4NOS. The van der Waals surface area contributed by atoms with E-state index in [2.05, 4.69) is 77.6 Å². The maximum absolute atomic E-state index is 12.8. The molecule has 0 aliphatic rings. The van der Waals surface area contributed by atoms with Crippen LogP contribution in [-0.2, 0) is 0 Å². The zero-order chi connectivity index (χ0) is 17.7. The maximum atomic E-state index is 12.8. The third-order valence-electron chi connectivity index (χ3n) is 3.08. The largest absolute Gasteiger partial charge is 0.330 e. The number of hydrogen-bond donors (Lipinski definition) is 0. The van der Waals surface area contributed by atoms with E-state index < -0.39 is 0 Å². The number of alkyl halides is 4. The molecule has 0 saturated heterocycles. The van der Waals surface area contributed by atoms with Crippen LogP contribution in [0.5, 0.6) is 0 Å². The topological polar surface area (TPSA) is 20.3 Å². The first-order valence-corrected chi connectivity index (χ1v) is 11.8. The molecule has 1 aromatic rings. The number of thioether (sulfide) groups is 1. The van der Waals surface area contributed by atoms with Gasteiger partial charge in [-0.05, 0) is 44.7 Å². The molecule has 0 fully saturated rings. The summed E-state index contributed by atoms with van der Waals surface area (Å²) in [6.45, 7) is 7.46. The molecule has 7 heteroatoms. The van der Waals surface area contributed by atoms with Gasteiger partial charge in [-0.25, -0.2) is 0 Å². The lowest BCUT2D eigenvalue weighted by molar-refractivity contribution is 0.216. The number of carbonyl (C=O) groups is 1. The van der Waals surface area contributed by atoms with Gasteiger partial charge in [-0.3, -0.25) is 4.79 Å². The van der Waals surface area contributed by atoms with Gasteiger partial charge in [0.25, 0.3) is 5.24 Å². The second-order valence-electron chi connectivity index (χ2n) is 6.13. The Morgan fingerprint density at radius 2 is 1.48 bits per heavy atom.